The molecule has 1 saturated carbocycles. The van der Waals surface area contributed by atoms with Crippen molar-refractivity contribution in [3.63, 3.8) is 0 Å². The Bertz CT molecular complexity index is 494. The van der Waals surface area contributed by atoms with E-state index in [4.69, 9.17) is 5.73 Å². The summed E-state index contributed by atoms with van der Waals surface area (Å²) in [6.45, 7) is 1.58. The number of thiophene rings is 1. The molecule has 0 aromatic carbocycles. The van der Waals surface area contributed by atoms with E-state index in [2.05, 4.69) is 9.62 Å². The second kappa shape index (κ2) is 5.66. The second-order valence-corrected chi connectivity index (χ2v) is 7.70. The first-order chi connectivity index (χ1) is 8.53. The fraction of sp³-hybridized carbons (Fsp3) is 0.636. The van der Waals surface area contributed by atoms with Crippen LogP contribution in [-0.4, -0.2) is 39.5 Å². The van der Waals surface area contributed by atoms with Crippen molar-refractivity contribution in [2.24, 2.45) is 5.73 Å². The SMILES string of the molecule is CN(CCNS(=O)(=O)c1ccc(CN)s1)C1CC1. The first-order valence-electron chi connectivity index (χ1n) is 6.01. The highest BCUT2D eigenvalue weighted by Crippen LogP contribution is 2.25. The molecule has 0 amide bonds. The van der Waals surface area contributed by atoms with Gasteiger partial charge in [0.25, 0.3) is 0 Å². The molecule has 1 fully saturated rings. The van der Waals surface area contributed by atoms with Crippen molar-refractivity contribution >= 4 is 21.4 Å². The number of sulfonamides is 1. The first-order valence-corrected chi connectivity index (χ1v) is 8.31. The predicted molar refractivity (Wildman–Crippen MR) is 73.1 cm³/mol. The van der Waals surface area contributed by atoms with Gasteiger partial charge < -0.3 is 10.6 Å². The molecule has 2 rings (SSSR count). The molecule has 1 aromatic rings. The number of likely N-dealkylation sites (N-methyl/N-ethyl adjacent to an activating group) is 1. The Balaban J connectivity index is 1.86. The standard InChI is InChI=1S/C11H19N3O2S2/c1-14(9-2-3-9)7-6-13-18(15,16)11-5-4-10(8-12)17-11/h4-5,9,13H,2-3,6-8,12H2,1H3. The van der Waals surface area contributed by atoms with Gasteiger partial charge in [-0.15, -0.1) is 11.3 Å². The zero-order valence-corrected chi connectivity index (χ0v) is 12.1. The van der Waals surface area contributed by atoms with Crippen LogP contribution in [0.3, 0.4) is 0 Å². The average Bonchev–Trinajstić information content (AvgIpc) is 3.06. The molecule has 5 nitrogen and oxygen atoms in total. The minimum absolute atomic E-state index is 0.344. The summed E-state index contributed by atoms with van der Waals surface area (Å²) in [5.41, 5.74) is 5.48. The van der Waals surface area contributed by atoms with Gasteiger partial charge in [-0.25, -0.2) is 13.1 Å². The Morgan fingerprint density at radius 2 is 2.22 bits per heavy atom. The maximum absolute atomic E-state index is 12.0. The van der Waals surface area contributed by atoms with Crippen LogP contribution in [0.5, 0.6) is 0 Å². The maximum Gasteiger partial charge on any atom is 0.250 e. The largest absolute Gasteiger partial charge is 0.326 e. The lowest BCUT2D eigenvalue weighted by Gasteiger charge is -2.15. The second-order valence-electron chi connectivity index (χ2n) is 4.53. The Hall–Kier alpha value is -0.470. The van der Waals surface area contributed by atoms with Crippen LogP contribution in [0.1, 0.15) is 17.7 Å². The zero-order chi connectivity index (χ0) is 13.2. The van der Waals surface area contributed by atoms with E-state index in [-0.39, 0.29) is 0 Å². The summed E-state index contributed by atoms with van der Waals surface area (Å²) in [5, 5.41) is 0. The summed E-state index contributed by atoms with van der Waals surface area (Å²) in [5.74, 6) is 0. The van der Waals surface area contributed by atoms with Crippen LogP contribution in [0.4, 0.5) is 0 Å². The van der Waals surface area contributed by atoms with Crippen LogP contribution in [0.2, 0.25) is 0 Å². The summed E-state index contributed by atoms with van der Waals surface area (Å²) in [6.07, 6.45) is 2.46. The van der Waals surface area contributed by atoms with E-state index in [1.54, 1.807) is 12.1 Å². The third-order valence-corrected chi connectivity index (χ3v) is 6.09. The molecule has 0 aliphatic heterocycles. The highest BCUT2D eigenvalue weighted by molar-refractivity contribution is 7.91. The third kappa shape index (κ3) is 3.52. The monoisotopic (exact) mass is 289 g/mol. The smallest absolute Gasteiger partial charge is 0.250 e. The highest BCUT2D eigenvalue weighted by Gasteiger charge is 2.26. The predicted octanol–water partition coefficient (Wildman–Crippen LogP) is 0.579. The van der Waals surface area contributed by atoms with Crippen molar-refractivity contribution in [2.45, 2.75) is 29.6 Å². The van der Waals surface area contributed by atoms with Crippen molar-refractivity contribution in [3.8, 4) is 0 Å². The molecule has 7 heteroatoms. The molecule has 1 aliphatic rings. The first kappa shape index (κ1) is 14.0. The van der Waals surface area contributed by atoms with Crippen LogP contribution in [0.15, 0.2) is 16.3 Å². The molecule has 3 N–H and O–H groups in total. The summed E-state index contributed by atoms with van der Waals surface area (Å²) in [6, 6.07) is 4.02. The fourth-order valence-electron chi connectivity index (χ4n) is 1.74. The summed E-state index contributed by atoms with van der Waals surface area (Å²) in [7, 11) is -1.33. The van der Waals surface area contributed by atoms with E-state index in [1.165, 1.54) is 24.2 Å². The van der Waals surface area contributed by atoms with Crippen LogP contribution < -0.4 is 10.5 Å². The van der Waals surface area contributed by atoms with Crippen LogP contribution in [-0.2, 0) is 16.6 Å². The lowest BCUT2D eigenvalue weighted by atomic mass is 10.5. The Morgan fingerprint density at radius 1 is 1.50 bits per heavy atom. The molecule has 0 saturated heterocycles. The van der Waals surface area contributed by atoms with E-state index in [1.807, 2.05) is 7.05 Å². The molecule has 102 valence electrons. The van der Waals surface area contributed by atoms with E-state index < -0.39 is 10.0 Å². The minimum atomic E-state index is -3.36. The zero-order valence-electron chi connectivity index (χ0n) is 10.4. The van der Waals surface area contributed by atoms with E-state index in [9.17, 15) is 8.42 Å². The maximum atomic E-state index is 12.0. The summed E-state index contributed by atoms with van der Waals surface area (Å²) >= 11 is 1.23. The molecule has 0 atom stereocenters. The van der Waals surface area contributed by atoms with E-state index >= 15 is 0 Å². The van der Waals surface area contributed by atoms with Crippen molar-refractivity contribution in [1.82, 2.24) is 9.62 Å². The Kier molecular flexibility index (Phi) is 4.39. The molecule has 0 spiro atoms. The lowest BCUT2D eigenvalue weighted by molar-refractivity contribution is 0.329. The van der Waals surface area contributed by atoms with Crippen molar-refractivity contribution in [2.75, 3.05) is 20.1 Å². The number of nitrogens with two attached hydrogens (primary N) is 1. The van der Waals surface area contributed by atoms with Crippen LogP contribution in [0.25, 0.3) is 0 Å². The topological polar surface area (TPSA) is 75.4 Å². The van der Waals surface area contributed by atoms with Gasteiger partial charge in [-0.2, -0.15) is 0 Å². The number of hydrogen-bond acceptors (Lipinski definition) is 5. The van der Waals surface area contributed by atoms with Gasteiger partial charge in [0.05, 0.1) is 0 Å². The van der Waals surface area contributed by atoms with Crippen molar-refractivity contribution in [3.05, 3.63) is 17.0 Å². The number of rotatable bonds is 7. The van der Waals surface area contributed by atoms with Gasteiger partial charge in [-0.05, 0) is 32.0 Å². The molecule has 1 aliphatic carbocycles. The molecular formula is C11H19N3O2S2. The van der Waals surface area contributed by atoms with Crippen molar-refractivity contribution < 1.29 is 8.42 Å². The third-order valence-electron chi connectivity index (χ3n) is 3.03. The number of nitrogens with zero attached hydrogens (tertiary/aromatic N) is 1. The lowest BCUT2D eigenvalue weighted by Crippen LogP contribution is -2.33. The minimum Gasteiger partial charge on any atom is -0.326 e. The average molecular weight is 289 g/mol. The molecule has 0 unspecified atom stereocenters. The van der Waals surface area contributed by atoms with E-state index in [0.717, 1.165) is 11.4 Å². The Morgan fingerprint density at radius 3 is 2.78 bits per heavy atom. The van der Waals surface area contributed by atoms with E-state index in [0.29, 0.717) is 23.3 Å². The molecule has 1 aromatic heterocycles. The molecule has 18 heavy (non-hydrogen) atoms. The van der Waals surface area contributed by atoms with Crippen LogP contribution >= 0.6 is 11.3 Å². The van der Waals surface area contributed by atoms with Gasteiger partial charge >= 0.3 is 0 Å². The molecule has 1 heterocycles. The molecule has 0 radical (unpaired) electrons. The van der Waals surface area contributed by atoms with Gasteiger partial charge in [-0.3, -0.25) is 0 Å². The fourth-order valence-corrected chi connectivity index (χ4v) is 4.04. The Labute approximate surface area is 112 Å². The summed E-state index contributed by atoms with van der Waals surface area (Å²) < 4.78 is 26.9. The summed E-state index contributed by atoms with van der Waals surface area (Å²) in [4.78, 5) is 3.08. The van der Waals surface area contributed by atoms with Crippen molar-refractivity contribution in [1.29, 1.82) is 0 Å². The van der Waals surface area contributed by atoms with Crippen LogP contribution in [0, 0.1) is 0 Å². The van der Waals surface area contributed by atoms with Gasteiger partial charge in [0.1, 0.15) is 4.21 Å². The number of hydrogen-bond donors (Lipinski definition) is 2. The van der Waals surface area contributed by atoms with Gasteiger partial charge in [0.2, 0.25) is 10.0 Å². The normalized spacial score (nSPS) is 16.4. The van der Waals surface area contributed by atoms with Gasteiger partial charge in [0, 0.05) is 30.6 Å². The molecule has 0 bridgehead atoms. The number of nitrogens with one attached hydrogen (secondary N) is 1. The molecular weight excluding hydrogens is 270 g/mol. The highest BCUT2D eigenvalue weighted by atomic mass is 32.2. The van der Waals surface area contributed by atoms with Gasteiger partial charge in [0.15, 0.2) is 0 Å². The van der Waals surface area contributed by atoms with Gasteiger partial charge in [-0.1, -0.05) is 0 Å². The quantitative estimate of drug-likeness (QED) is 0.770.